The molecule has 0 aliphatic heterocycles. The summed E-state index contributed by atoms with van der Waals surface area (Å²) < 4.78 is 2.65. The van der Waals surface area contributed by atoms with Gasteiger partial charge in [-0.2, -0.15) is 5.10 Å². The van der Waals surface area contributed by atoms with Crippen LogP contribution in [0.15, 0.2) is 12.4 Å². The highest BCUT2D eigenvalue weighted by atomic mass is 35.5. The van der Waals surface area contributed by atoms with Gasteiger partial charge in [-0.1, -0.05) is 11.6 Å². The van der Waals surface area contributed by atoms with Gasteiger partial charge < -0.3 is 5.32 Å². The molecule has 0 aromatic carbocycles. The van der Waals surface area contributed by atoms with Crippen molar-refractivity contribution in [2.75, 3.05) is 6.54 Å². The van der Waals surface area contributed by atoms with Crippen LogP contribution in [0.2, 0.25) is 4.34 Å². The lowest BCUT2D eigenvalue weighted by molar-refractivity contribution is 0.464. The van der Waals surface area contributed by atoms with Crippen molar-refractivity contribution in [1.29, 1.82) is 0 Å². The topological polar surface area (TPSA) is 42.7 Å². The summed E-state index contributed by atoms with van der Waals surface area (Å²) in [5.41, 5.74) is 1.40. The zero-order valence-electron chi connectivity index (χ0n) is 10.9. The summed E-state index contributed by atoms with van der Waals surface area (Å²) in [5, 5.41) is 7.90. The highest BCUT2D eigenvalue weighted by molar-refractivity contribution is 7.16. The van der Waals surface area contributed by atoms with Crippen LogP contribution in [-0.2, 0) is 19.9 Å². The number of fused-ring (bicyclic) bond motifs is 1. The summed E-state index contributed by atoms with van der Waals surface area (Å²) in [5.74, 6) is 0.898. The van der Waals surface area contributed by atoms with E-state index in [1.165, 1.54) is 29.7 Å². The fourth-order valence-electron chi connectivity index (χ4n) is 2.59. The van der Waals surface area contributed by atoms with Gasteiger partial charge in [-0.3, -0.25) is 4.68 Å². The lowest BCUT2D eigenvalue weighted by Crippen LogP contribution is -2.26. The van der Waals surface area contributed by atoms with Gasteiger partial charge in [0.1, 0.15) is 6.33 Å². The standard InChI is InChI=1S/C13H17ClN4S/c1-18-8-16-13(17-18)5-6-15-10-3-2-4-11-9(10)7-12(14)19-11/h7-8,10,15H,2-6H2,1H3. The number of rotatable bonds is 4. The van der Waals surface area contributed by atoms with Crippen molar-refractivity contribution in [2.45, 2.75) is 31.7 Å². The molecule has 3 rings (SSSR count). The minimum Gasteiger partial charge on any atom is -0.309 e. The van der Waals surface area contributed by atoms with Gasteiger partial charge in [0.2, 0.25) is 0 Å². The Kier molecular flexibility index (Phi) is 3.86. The molecule has 1 N–H and O–H groups in total. The first kappa shape index (κ1) is 13.1. The van der Waals surface area contributed by atoms with E-state index in [9.17, 15) is 0 Å². The number of hydrogen-bond donors (Lipinski definition) is 1. The van der Waals surface area contributed by atoms with Crippen LogP contribution in [0.25, 0.3) is 0 Å². The predicted octanol–water partition coefficient (Wildman–Crippen LogP) is 2.74. The number of hydrogen-bond acceptors (Lipinski definition) is 4. The second-order valence-electron chi connectivity index (χ2n) is 4.91. The SMILES string of the molecule is Cn1cnc(CCNC2CCCc3sc(Cl)cc32)n1. The van der Waals surface area contributed by atoms with Gasteiger partial charge >= 0.3 is 0 Å². The van der Waals surface area contributed by atoms with Crippen LogP contribution in [0.4, 0.5) is 0 Å². The Bertz CT molecular complexity index is 563. The Morgan fingerprint density at radius 3 is 3.26 bits per heavy atom. The third-order valence-corrected chi connectivity index (χ3v) is 4.81. The predicted molar refractivity (Wildman–Crippen MR) is 77.7 cm³/mol. The maximum Gasteiger partial charge on any atom is 0.151 e. The van der Waals surface area contributed by atoms with Crippen molar-refractivity contribution in [1.82, 2.24) is 20.1 Å². The third kappa shape index (κ3) is 2.99. The quantitative estimate of drug-likeness (QED) is 0.943. The van der Waals surface area contributed by atoms with Gasteiger partial charge in [0.25, 0.3) is 0 Å². The number of aromatic nitrogens is 3. The van der Waals surface area contributed by atoms with Crippen LogP contribution >= 0.6 is 22.9 Å². The van der Waals surface area contributed by atoms with Crippen LogP contribution in [0.5, 0.6) is 0 Å². The molecule has 0 fully saturated rings. The monoisotopic (exact) mass is 296 g/mol. The number of aryl methyl sites for hydroxylation is 2. The molecule has 2 aromatic rings. The molecule has 0 amide bonds. The van der Waals surface area contributed by atoms with Crippen LogP contribution in [0.3, 0.4) is 0 Å². The summed E-state index contributed by atoms with van der Waals surface area (Å²) in [6.07, 6.45) is 6.21. The second kappa shape index (κ2) is 5.61. The molecule has 0 radical (unpaired) electrons. The van der Waals surface area contributed by atoms with E-state index in [2.05, 4.69) is 21.5 Å². The first-order valence-corrected chi connectivity index (χ1v) is 7.78. The normalized spacial score (nSPS) is 18.5. The zero-order chi connectivity index (χ0) is 13.2. The first-order chi connectivity index (χ1) is 9.22. The maximum absolute atomic E-state index is 6.12. The van der Waals surface area contributed by atoms with E-state index in [-0.39, 0.29) is 0 Å². The Labute approximate surface area is 121 Å². The summed E-state index contributed by atoms with van der Waals surface area (Å²) >= 11 is 7.84. The average Bonchev–Trinajstić information content (AvgIpc) is 2.95. The Hall–Kier alpha value is -0.910. The fourth-order valence-corrected chi connectivity index (χ4v) is 3.97. The first-order valence-electron chi connectivity index (χ1n) is 6.58. The molecular weight excluding hydrogens is 280 g/mol. The minimum atomic E-state index is 0.441. The number of nitrogens with one attached hydrogen (secondary N) is 1. The molecule has 1 unspecified atom stereocenters. The summed E-state index contributed by atoms with van der Waals surface area (Å²) in [6, 6.07) is 2.56. The van der Waals surface area contributed by atoms with E-state index in [1.54, 1.807) is 22.3 Å². The summed E-state index contributed by atoms with van der Waals surface area (Å²) in [4.78, 5) is 5.69. The van der Waals surface area contributed by atoms with E-state index in [0.29, 0.717) is 6.04 Å². The van der Waals surface area contributed by atoms with Crippen molar-refractivity contribution in [2.24, 2.45) is 7.05 Å². The van der Waals surface area contributed by atoms with Crippen LogP contribution in [0, 0.1) is 0 Å². The molecule has 1 atom stereocenters. The molecule has 19 heavy (non-hydrogen) atoms. The highest BCUT2D eigenvalue weighted by Crippen LogP contribution is 2.37. The molecular formula is C13H17ClN4S. The molecule has 0 bridgehead atoms. The van der Waals surface area contributed by atoms with E-state index < -0.39 is 0 Å². The Morgan fingerprint density at radius 2 is 2.47 bits per heavy atom. The number of thiophene rings is 1. The van der Waals surface area contributed by atoms with Crippen molar-refractivity contribution < 1.29 is 0 Å². The van der Waals surface area contributed by atoms with E-state index in [0.717, 1.165) is 23.1 Å². The fraction of sp³-hybridized carbons (Fsp3) is 0.538. The van der Waals surface area contributed by atoms with Crippen LogP contribution in [-0.4, -0.2) is 21.3 Å². The van der Waals surface area contributed by atoms with E-state index in [4.69, 9.17) is 11.6 Å². The average molecular weight is 297 g/mol. The molecule has 1 aliphatic rings. The molecule has 4 nitrogen and oxygen atoms in total. The molecule has 0 saturated carbocycles. The van der Waals surface area contributed by atoms with E-state index in [1.807, 2.05) is 7.05 Å². The zero-order valence-corrected chi connectivity index (χ0v) is 12.5. The van der Waals surface area contributed by atoms with Crippen molar-refractivity contribution in [3.8, 4) is 0 Å². The molecule has 2 aromatic heterocycles. The Balaban J connectivity index is 1.59. The van der Waals surface area contributed by atoms with E-state index >= 15 is 0 Å². The maximum atomic E-state index is 6.12. The molecule has 1 aliphatic carbocycles. The van der Waals surface area contributed by atoms with Gasteiger partial charge in [-0.15, -0.1) is 11.3 Å². The number of nitrogens with zero attached hydrogens (tertiary/aromatic N) is 3. The molecule has 102 valence electrons. The van der Waals surface area contributed by atoms with Gasteiger partial charge in [0.15, 0.2) is 5.82 Å². The minimum absolute atomic E-state index is 0.441. The van der Waals surface area contributed by atoms with Gasteiger partial charge in [0, 0.05) is 30.9 Å². The largest absolute Gasteiger partial charge is 0.309 e. The van der Waals surface area contributed by atoms with Crippen LogP contribution in [0.1, 0.15) is 35.1 Å². The van der Waals surface area contributed by atoms with Crippen molar-refractivity contribution >= 4 is 22.9 Å². The van der Waals surface area contributed by atoms with Gasteiger partial charge in [0.05, 0.1) is 4.34 Å². The van der Waals surface area contributed by atoms with Gasteiger partial charge in [-0.05, 0) is 30.9 Å². The van der Waals surface area contributed by atoms with Crippen molar-refractivity contribution in [3.05, 3.63) is 33.0 Å². The number of halogens is 1. The van der Waals surface area contributed by atoms with Crippen molar-refractivity contribution in [3.63, 3.8) is 0 Å². The van der Waals surface area contributed by atoms with Gasteiger partial charge in [-0.25, -0.2) is 4.98 Å². The summed E-state index contributed by atoms with van der Waals surface area (Å²) in [6.45, 7) is 0.904. The smallest absolute Gasteiger partial charge is 0.151 e. The lowest BCUT2D eigenvalue weighted by atomic mass is 9.94. The highest BCUT2D eigenvalue weighted by Gasteiger charge is 2.22. The van der Waals surface area contributed by atoms with Crippen LogP contribution < -0.4 is 5.32 Å². The lowest BCUT2D eigenvalue weighted by Gasteiger charge is -2.23. The molecule has 2 heterocycles. The molecule has 0 saturated heterocycles. The summed E-state index contributed by atoms with van der Waals surface area (Å²) in [7, 11) is 1.89. The Morgan fingerprint density at radius 1 is 1.58 bits per heavy atom. The second-order valence-corrected chi connectivity index (χ2v) is 6.68. The molecule has 6 heteroatoms. The molecule has 0 spiro atoms. The third-order valence-electron chi connectivity index (χ3n) is 3.47.